The van der Waals surface area contributed by atoms with E-state index in [1.165, 1.54) is 0 Å². The van der Waals surface area contributed by atoms with Crippen LogP contribution < -0.4 is 10.1 Å². The second-order valence-electron chi connectivity index (χ2n) is 3.44. The number of hydrogen-bond acceptors (Lipinski definition) is 5. The Hall–Kier alpha value is -1.56. The van der Waals surface area contributed by atoms with E-state index in [4.69, 9.17) is 4.74 Å². The molecule has 0 spiro atoms. The van der Waals surface area contributed by atoms with Crippen molar-refractivity contribution >= 4 is 17.3 Å². The summed E-state index contributed by atoms with van der Waals surface area (Å²) in [7, 11) is 1.67. The van der Waals surface area contributed by atoms with Gasteiger partial charge in [0.2, 0.25) is 5.95 Å². The monoisotopic (exact) mass is 252 g/mol. The summed E-state index contributed by atoms with van der Waals surface area (Å²) >= 11 is 1.61. The molecule has 92 valence electrons. The maximum Gasteiger partial charge on any atom is 0.224 e. The van der Waals surface area contributed by atoms with Gasteiger partial charge in [-0.25, -0.2) is 0 Å². The molecule has 2 rings (SSSR count). The molecule has 0 saturated heterocycles. The number of hydrogen-bond donors (Lipinski definition) is 1. The number of thiophene rings is 1. The fourth-order valence-electron chi connectivity index (χ4n) is 1.68. The number of methoxy groups -OCH3 is 1. The lowest BCUT2D eigenvalue weighted by Crippen LogP contribution is -2.06. The van der Waals surface area contributed by atoms with Gasteiger partial charge in [0.25, 0.3) is 0 Å². The predicted octanol–water partition coefficient (Wildman–Crippen LogP) is 2.47. The molecule has 0 amide bonds. The average molecular weight is 252 g/mol. The fourth-order valence-corrected chi connectivity index (χ4v) is 2.53. The van der Waals surface area contributed by atoms with Crippen LogP contribution in [0.4, 0.5) is 5.95 Å². The van der Waals surface area contributed by atoms with E-state index >= 15 is 0 Å². The Balaban J connectivity index is 2.45. The van der Waals surface area contributed by atoms with Crippen molar-refractivity contribution in [3.8, 4) is 16.5 Å². The first-order chi connectivity index (χ1) is 8.31. The second kappa shape index (κ2) is 5.18. The first-order valence-corrected chi connectivity index (χ1v) is 6.48. The summed E-state index contributed by atoms with van der Waals surface area (Å²) in [4.78, 5) is 1.02. The number of aromatic nitrogens is 3. The van der Waals surface area contributed by atoms with E-state index in [0.717, 1.165) is 35.5 Å². The van der Waals surface area contributed by atoms with E-state index < -0.39 is 0 Å². The normalized spacial score (nSPS) is 10.5. The molecule has 2 aromatic rings. The van der Waals surface area contributed by atoms with Gasteiger partial charge in [0.1, 0.15) is 10.6 Å². The molecule has 0 fully saturated rings. The van der Waals surface area contributed by atoms with Crippen LogP contribution in [0.15, 0.2) is 11.4 Å². The lowest BCUT2D eigenvalue weighted by Gasteiger charge is -2.07. The van der Waals surface area contributed by atoms with Gasteiger partial charge < -0.3 is 10.1 Å². The first kappa shape index (κ1) is 11.9. The van der Waals surface area contributed by atoms with Crippen LogP contribution in [0.2, 0.25) is 0 Å². The molecule has 2 aromatic heterocycles. The van der Waals surface area contributed by atoms with E-state index in [1.807, 2.05) is 18.4 Å². The molecule has 0 bridgehead atoms. The van der Waals surface area contributed by atoms with Crippen molar-refractivity contribution in [2.75, 3.05) is 19.0 Å². The van der Waals surface area contributed by atoms with Gasteiger partial charge in [0, 0.05) is 13.1 Å². The summed E-state index contributed by atoms with van der Waals surface area (Å²) < 4.78 is 7.37. The van der Waals surface area contributed by atoms with Crippen molar-refractivity contribution in [2.24, 2.45) is 0 Å². The SMILES string of the molecule is CCNc1nnc(-c2sccc2OC)n1CC. The van der Waals surface area contributed by atoms with Crippen LogP contribution in [-0.4, -0.2) is 28.4 Å². The number of nitrogens with one attached hydrogen (secondary N) is 1. The minimum Gasteiger partial charge on any atom is -0.495 e. The average Bonchev–Trinajstić information content (AvgIpc) is 2.94. The van der Waals surface area contributed by atoms with Gasteiger partial charge in [-0.2, -0.15) is 0 Å². The molecule has 5 nitrogen and oxygen atoms in total. The molecule has 0 unspecified atom stereocenters. The molecule has 0 aliphatic heterocycles. The third-order valence-corrected chi connectivity index (χ3v) is 3.35. The molecule has 0 atom stereocenters. The molecule has 0 aromatic carbocycles. The standard InChI is InChI=1S/C11H16N4OS/c1-4-12-11-14-13-10(15(11)5-2)9-8(16-3)6-7-17-9/h6-7H,4-5H2,1-3H3,(H,12,14). The van der Waals surface area contributed by atoms with E-state index in [2.05, 4.69) is 27.0 Å². The quantitative estimate of drug-likeness (QED) is 0.888. The van der Waals surface area contributed by atoms with Crippen LogP contribution in [0.25, 0.3) is 10.7 Å². The summed E-state index contributed by atoms with van der Waals surface area (Å²) in [6, 6.07) is 1.95. The van der Waals surface area contributed by atoms with E-state index in [0.29, 0.717) is 0 Å². The van der Waals surface area contributed by atoms with Gasteiger partial charge in [-0.05, 0) is 25.3 Å². The molecular formula is C11H16N4OS. The molecule has 6 heteroatoms. The largest absolute Gasteiger partial charge is 0.495 e. The Kier molecular flexibility index (Phi) is 3.63. The molecule has 0 radical (unpaired) electrons. The minimum absolute atomic E-state index is 0.806. The summed E-state index contributed by atoms with van der Waals surface area (Å²) in [5.41, 5.74) is 0. The molecular weight excluding hydrogens is 236 g/mol. The molecule has 17 heavy (non-hydrogen) atoms. The topological polar surface area (TPSA) is 52.0 Å². The lowest BCUT2D eigenvalue weighted by atomic mass is 10.4. The maximum absolute atomic E-state index is 5.32. The van der Waals surface area contributed by atoms with Crippen molar-refractivity contribution in [1.82, 2.24) is 14.8 Å². The van der Waals surface area contributed by atoms with Gasteiger partial charge in [0.15, 0.2) is 5.82 Å². The fraction of sp³-hybridized carbons (Fsp3) is 0.455. The van der Waals surface area contributed by atoms with Crippen LogP contribution in [0.1, 0.15) is 13.8 Å². The van der Waals surface area contributed by atoms with Crippen molar-refractivity contribution < 1.29 is 4.74 Å². The third kappa shape index (κ3) is 2.12. The Bertz CT molecular complexity index is 491. The number of nitrogens with zero attached hydrogens (tertiary/aromatic N) is 3. The summed E-state index contributed by atoms with van der Waals surface area (Å²) in [6.07, 6.45) is 0. The number of ether oxygens (including phenoxy) is 1. The first-order valence-electron chi connectivity index (χ1n) is 5.60. The van der Waals surface area contributed by atoms with Crippen LogP contribution >= 0.6 is 11.3 Å². The van der Waals surface area contributed by atoms with Crippen molar-refractivity contribution in [3.63, 3.8) is 0 Å². The van der Waals surface area contributed by atoms with Gasteiger partial charge in [0.05, 0.1) is 7.11 Å². The highest BCUT2D eigenvalue weighted by molar-refractivity contribution is 7.13. The smallest absolute Gasteiger partial charge is 0.224 e. The van der Waals surface area contributed by atoms with Gasteiger partial charge in [-0.15, -0.1) is 21.5 Å². The minimum atomic E-state index is 0.806. The molecule has 1 N–H and O–H groups in total. The zero-order chi connectivity index (χ0) is 12.3. The molecule has 0 aliphatic carbocycles. The predicted molar refractivity (Wildman–Crippen MR) is 69.7 cm³/mol. The molecule has 2 heterocycles. The van der Waals surface area contributed by atoms with Gasteiger partial charge in [-0.1, -0.05) is 0 Å². The van der Waals surface area contributed by atoms with E-state index in [-0.39, 0.29) is 0 Å². The molecule has 0 saturated carbocycles. The summed E-state index contributed by atoms with van der Waals surface area (Å²) in [6.45, 7) is 5.78. The Labute approximate surface area is 104 Å². The highest BCUT2D eigenvalue weighted by atomic mass is 32.1. The van der Waals surface area contributed by atoms with Crippen LogP contribution in [0.5, 0.6) is 5.75 Å². The Morgan fingerprint density at radius 3 is 2.88 bits per heavy atom. The summed E-state index contributed by atoms with van der Waals surface area (Å²) in [5, 5.41) is 13.6. The number of anilines is 1. The van der Waals surface area contributed by atoms with E-state index in [1.54, 1.807) is 18.4 Å². The van der Waals surface area contributed by atoms with Crippen LogP contribution in [-0.2, 0) is 6.54 Å². The van der Waals surface area contributed by atoms with Crippen molar-refractivity contribution in [1.29, 1.82) is 0 Å². The Morgan fingerprint density at radius 1 is 1.41 bits per heavy atom. The zero-order valence-electron chi connectivity index (χ0n) is 10.2. The third-order valence-electron chi connectivity index (χ3n) is 2.45. The van der Waals surface area contributed by atoms with E-state index in [9.17, 15) is 0 Å². The Morgan fingerprint density at radius 2 is 2.24 bits per heavy atom. The van der Waals surface area contributed by atoms with Crippen molar-refractivity contribution in [3.05, 3.63) is 11.4 Å². The summed E-state index contributed by atoms with van der Waals surface area (Å²) in [5.74, 6) is 2.51. The van der Waals surface area contributed by atoms with Gasteiger partial charge in [-0.3, -0.25) is 4.57 Å². The molecule has 0 aliphatic rings. The zero-order valence-corrected chi connectivity index (χ0v) is 11.0. The second-order valence-corrected chi connectivity index (χ2v) is 4.36. The maximum atomic E-state index is 5.32. The number of rotatable bonds is 5. The van der Waals surface area contributed by atoms with Crippen LogP contribution in [0, 0.1) is 0 Å². The lowest BCUT2D eigenvalue weighted by molar-refractivity contribution is 0.417. The van der Waals surface area contributed by atoms with Crippen LogP contribution in [0.3, 0.4) is 0 Å². The highest BCUT2D eigenvalue weighted by Gasteiger charge is 2.16. The van der Waals surface area contributed by atoms with Crippen molar-refractivity contribution in [2.45, 2.75) is 20.4 Å². The van der Waals surface area contributed by atoms with Gasteiger partial charge >= 0.3 is 0 Å². The highest BCUT2D eigenvalue weighted by Crippen LogP contribution is 2.34.